The number of rotatable bonds is 2. The van der Waals surface area contributed by atoms with E-state index in [0.717, 1.165) is 13.1 Å². The highest BCUT2D eigenvalue weighted by atomic mass is 32.2. The van der Waals surface area contributed by atoms with Gasteiger partial charge in [-0.1, -0.05) is 26.0 Å². The fourth-order valence-electron chi connectivity index (χ4n) is 2.27. The minimum absolute atomic E-state index is 0.123. The molecule has 1 aromatic rings. The molecule has 100 valence electrons. The molecule has 1 heterocycles. The van der Waals surface area contributed by atoms with Crippen molar-refractivity contribution in [2.75, 3.05) is 23.7 Å². The Kier molecular flexibility index (Phi) is 4.23. The van der Waals surface area contributed by atoms with Crippen molar-refractivity contribution in [1.82, 2.24) is 0 Å². The Morgan fingerprint density at radius 3 is 2.50 bits per heavy atom. The number of hydrogen-bond acceptors (Lipinski definition) is 3. The standard InChI is InChI=1S/C15H24N2S/c1-12(16)13-4-6-14(7-5-13)17-9-8-15(2,3)18-11-10-17/h4-7,12H,8-11,16H2,1-3H3. The highest BCUT2D eigenvalue weighted by molar-refractivity contribution is 8.00. The molecule has 2 nitrogen and oxygen atoms in total. The summed E-state index contributed by atoms with van der Waals surface area (Å²) in [7, 11) is 0. The summed E-state index contributed by atoms with van der Waals surface area (Å²) >= 11 is 2.09. The largest absolute Gasteiger partial charge is 0.371 e. The summed E-state index contributed by atoms with van der Waals surface area (Å²) in [6, 6.07) is 8.85. The van der Waals surface area contributed by atoms with E-state index in [1.54, 1.807) is 0 Å². The van der Waals surface area contributed by atoms with Crippen LogP contribution in [0.3, 0.4) is 0 Å². The van der Waals surface area contributed by atoms with Crippen LogP contribution in [-0.4, -0.2) is 23.6 Å². The lowest BCUT2D eigenvalue weighted by Gasteiger charge is -2.24. The molecule has 18 heavy (non-hydrogen) atoms. The number of anilines is 1. The van der Waals surface area contributed by atoms with Gasteiger partial charge in [0.15, 0.2) is 0 Å². The van der Waals surface area contributed by atoms with Crippen LogP contribution in [0.5, 0.6) is 0 Å². The van der Waals surface area contributed by atoms with Crippen molar-refractivity contribution in [3.63, 3.8) is 0 Å². The second kappa shape index (κ2) is 5.54. The van der Waals surface area contributed by atoms with E-state index in [0.29, 0.717) is 4.75 Å². The zero-order valence-electron chi connectivity index (χ0n) is 11.6. The van der Waals surface area contributed by atoms with Crippen LogP contribution in [0.15, 0.2) is 24.3 Å². The average Bonchev–Trinajstić information content (AvgIpc) is 2.50. The van der Waals surface area contributed by atoms with Gasteiger partial charge in [0.1, 0.15) is 0 Å². The maximum Gasteiger partial charge on any atom is 0.0366 e. The van der Waals surface area contributed by atoms with E-state index in [2.05, 4.69) is 54.8 Å². The van der Waals surface area contributed by atoms with E-state index in [4.69, 9.17) is 5.73 Å². The van der Waals surface area contributed by atoms with E-state index < -0.39 is 0 Å². The normalized spacial score (nSPS) is 21.4. The van der Waals surface area contributed by atoms with E-state index >= 15 is 0 Å². The molecule has 1 aliphatic rings. The predicted octanol–water partition coefficient (Wildman–Crippen LogP) is 3.43. The zero-order chi connectivity index (χ0) is 13.2. The molecule has 0 aliphatic carbocycles. The van der Waals surface area contributed by atoms with Gasteiger partial charge in [-0.2, -0.15) is 11.8 Å². The fraction of sp³-hybridized carbons (Fsp3) is 0.600. The Morgan fingerprint density at radius 1 is 1.22 bits per heavy atom. The SMILES string of the molecule is CC(N)c1ccc(N2CCSC(C)(C)CC2)cc1. The molecule has 1 aliphatic heterocycles. The average molecular weight is 264 g/mol. The first-order valence-electron chi connectivity index (χ1n) is 6.72. The van der Waals surface area contributed by atoms with E-state index in [1.165, 1.54) is 23.4 Å². The second-order valence-electron chi connectivity index (χ2n) is 5.73. The number of nitrogens with zero attached hydrogens (tertiary/aromatic N) is 1. The quantitative estimate of drug-likeness (QED) is 0.887. The maximum absolute atomic E-state index is 5.89. The first-order valence-corrected chi connectivity index (χ1v) is 7.71. The molecule has 0 aromatic heterocycles. The Morgan fingerprint density at radius 2 is 1.89 bits per heavy atom. The molecule has 1 unspecified atom stereocenters. The third-order valence-corrected chi connectivity index (χ3v) is 4.99. The van der Waals surface area contributed by atoms with Gasteiger partial charge in [0.25, 0.3) is 0 Å². The summed E-state index contributed by atoms with van der Waals surface area (Å²) in [5.74, 6) is 1.21. The van der Waals surface area contributed by atoms with Crippen LogP contribution in [0.1, 0.15) is 38.8 Å². The van der Waals surface area contributed by atoms with Gasteiger partial charge >= 0.3 is 0 Å². The molecule has 0 radical (unpaired) electrons. The Labute approximate surface area is 115 Å². The summed E-state index contributed by atoms with van der Waals surface area (Å²) < 4.78 is 0.417. The van der Waals surface area contributed by atoms with Gasteiger partial charge in [-0.3, -0.25) is 0 Å². The predicted molar refractivity (Wildman–Crippen MR) is 82.4 cm³/mol. The summed E-state index contributed by atoms with van der Waals surface area (Å²) in [6.45, 7) is 9.02. The summed E-state index contributed by atoms with van der Waals surface area (Å²) in [6.07, 6.45) is 1.24. The lowest BCUT2D eigenvalue weighted by atomic mass is 10.1. The fourth-order valence-corrected chi connectivity index (χ4v) is 3.37. The molecule has 1 fully saturated rings. The maximum atomic E-state index is 5.89. The van der Waals surface area contributed by atoms with Gasteiger partial charge in [-0.15, -0.1) is 0 Å². The first-order chi connectivity index (χ1) is 8.48. The van der Waals surface area contributed by atoms with Crippen molar-refractivity contribution in [1.29, 1.82) is 0 Å². The molecule has 0 saturated carbocycles. The number of thioether (sulfide) groups is 1. The highest BCUT2D eigenvalue weighted by Crippen LogP contribution is 2.32. The molecule has 0 amide bonds. The first kappa shape index (κ1) is 13.8. The molecule has 1 atom stereocenters. The molecule has 1 aromatic carbocycles. The Bertz CT molecular complexity index is 384. The topological polar surface area (TPSA) is 29.3 Å². The van der Waals surface area contributed by atoms with Crippen LogP contribution in [0.4, 0.5) is 5.69 Å². The van der Waals surface area contributed by atoms with E-state index in [-0.39, 0.29) is 6.04 Å². The molecular formula is C15H24N2S. The van der Waals surface area contributed by atoms with Crippen molar-refractivity contribution in [3.8, 4) is 0 Å². The van der Waals surface area contributed by atoms with Crippen molar-refractivity contribution < 1.29 is 0 Å². The summed E-state index contributed by atoms with van der Waals surface area (Å²) in [5, 5.41) is 0. The molecule has 1 saturated heterocycles. The number of nitrogens with two attached hydrogens (primary N) is 1. The Balaban J connectivity index is 2.07. The lowest BCUT2D eigenvalue weighted by molar-refractivity contribution is 0.637. The smallest absolute Gasteiger partial charge is 0.0366 e. The summed E-state index contributed by atoms with van der Waals surface area (Å²) in [4.78, 5) is 2.49. The van der Waals surface area contributed by atoms with Crippen molar-refractivity contribution in [2.24, 2.45) is 5.73 Å². The van der Waals surface area contributed by atoms with Gasteiger partial charge in [0.05, 0.1) is 0 Å². The highest BCUT2D eigenvalue weighted by Gasteiger charge is 2.23. The monoisotopic (exact) mass is 264 g/mol. The van der Waals surface area contributed by atoms with Crippen molar-refractivity contribution in [2.45, 2.75) is 38.0 Å². The number of hydrogen-bond donors (Lipinski definition) is 1. The van der Waals surface area contributed by atoms with Crippen LogP contribution in [-0.2, 0) is 0 Å². The third kappa shape index (κ3) is 3.42. The van der Waals surface area contributed by atoms with Gasteiger partial charge < -0.3 is 10.6 Å². The van der Waals surface area contributed by atoms with Crippen LogP contribution in [0.2, 0.25) is 0 Å². The van der Waals surface area contributed by atoms with Gasteiger partial charge in [0, 0.05) is 35.3 Å². The zero-order valence-corrected chi connectivity index (χ0v) is 12.5. The molecule has 0 spiro atoms. The van der Waals surface area contributed by atoms with Crippen LogP contribution < -0.4 is 10.6 Å². The van der Waals surface area contributed by atoms with Gasteiger partial charge in [-0.25, -0.2) is 0 Å². The van der Waals surface area contributed by atoms with E-state index in [1.807, 2.05) is 6.92 Å². The molecule has 3 heteroatoms. The molecule has 2 rings (SSSR count). The van der Waals surface area contributed by atoms with Crippen LogP contribution in [0, 0.1) is 0 Å². The van der Waals surface area contributed by atoms with Crippen molar-refractivity contribution in [3.05, 3.63) is 29.8 Å². The minimum atomic E-state index is 0.123. The lowest BCUT2D eigenvalue weighted by Crippen LogP contribution is -2.26. The third-order valence-electron chi connectivity index (χ3n) is 3.62. The number of benzene rings is 1. The minimum Gasteiger partial charge on any atom is -0.371 e. The van der Waals surface area contributed by atoms with Crippen LogP contribution in [0.25, 0.3) is 0 Å². The molecule has 0 bridgehead atoms. The van der Waals surface area contributed by atoms with E-state index in [9.17, 15) is 0 Å². The molecular weight excluding hydrogens is 240 g/mol. The Hall–Kier alpha value is -0.670. The second-order valence-corrected chi connectivity index (χ2v) is 7.53. The molecule has 2 N–H and O–H groups in total. The summed E-state index contributed by atoms with van der Waals surface area (Å²) in [5.41, 5.74) is 8.43. The van der Waals surface area contributed by atoms with Gasteiger partial charge in [0.2, 0.25) is 0 Å². The van der Waals surface area contributed by atoms with Crippen molar-refractivity contribution >= 4 is 17.4 Å². The van der Waals surface area contributed by atoms with Crippen LogP contribution >= 0.6 is 11.8 Å². The van der Waals surface area contributed by atoms with Gasteiger partial charge in [-0.05, 0) is 31.0 Å².